The second kappa shape index (κ2) is 5.44. The first-order valence-corrected chi connectivity index (χ1v) is 6.54. The molecular weight excluding hydrogens is 262 g/mol. The molecule has 0 aliphatic heterocycles. The van der Waals surface area contributed by atoms with E-state index >= 15 is 0 Å². The summed E-state index contributed by atoms with van der Waals surface area (Å²) < 4.78 is 0. The Morgan fingerprint density at radius 2 is 2.25 bits per heavy atom. The summed E-state index contributed by atoms with van der Waals surface area (Å²) in [6.45, 7) is 4.61. The van der Waals surface area contributed by atoms with Gasteiger partial charge in [-0.2, -0.15) is 0 Å². The third kappa shape index (κ3) is 3.04. The number of carboxylic acid groups (broad SMARTS) is 1. The van der Waals surface area contributed by atoms with E-state index in [1.165, 1.54) is 6.20 Å². The molecule has 0 aromatic carbocycles. The van der Waals surface area contributed by atoms with Crippen molar-refractivity contribution in [2.45, 2.75) is 32.7 Å². The van der Waals surface area contributed by atoms with Crippen molar-refractivity contribution in [2.24, 2.45) is 5.92 Å². The van der Waals surface area contributed by atoms with Gasteiger partial charge in [-0.3, -0.25) is 10.1 Å². The Kier molecular flexibility index (Phi) is 3.87. The van der Waals surface area contributed by atoms with Gasteiger partial charge in [0, 0.05) is 24.8 Å². The van der Waals surface area contributed by atoms with Gasteiger partial charge in [-0.15, -0.1) is 0 Å². The van der Waals surface area contributed by atoms with E-state index in [0.29, 0.717) is 5.92 Å². The lowest BCUT2D eigenvalue weighted by molar-refractivity contribution is -0.384. The largest absolute Gasteiger partial charge is 0.478 e. The molecule has 0 amide bonds. The van der Waals surface area contributed by atoms with Gasteiger partial charge in [-0.1, -0.05) is 0 Å². The Hall–Kier alpha value is -2.18. The lowest BCUT2D eigenvalue weighted by Gasteiger charge is -2.27. The van der Waals surface area contributed by atoms with E-state index in [4.69, 9.17) is 5.11 Å². The maximum absolute atomic E-state index is 11.2. The third-order valence-corrected chi connectivity index (χ3v) is 3.34. The van der Waals surface area contributed by atoms with Crippen molar-refractivity contribution < 1.29 is 14.8 Å². The molecule has 1 fully saturated rings. The monoisotopic (exact) mass is 279 g/mol. The maximum atomic E-state index is 11.2. The summed E-state index contributed by atoms with van der Waals surface area (Å²) in [6.07, 6.45) is 3.43. The summed E-state index contributed by atoms with van der Waals surface area (Å²) in [6, 6.07) is 1.14. The average Bonchev–Trinajstić information content (AvgIpc) is 3.18. The van der Waals surface area contributed by atoms with Crippen LogP contribution in [-0.4, -0.2) is 33.6 Å². The summed E-state index contributed by atoms with van der Waals surface area (Å²) in [5, 5.41) is 20.1. The lowest BCUT2D eigenvalue weighted by Crippen LogP contribution is -2.34. The summed E-state index contributed by atoms with van der Waals surface area (Å²) >= 11 is 0. The van der Waals surface area contributed by atoms with Crippen LogP contribution in [0.5, 0.6) is 0 Å². The van der Waals surface area contributed by atoms with Gasteiger partial charge in [0.25, 0.3) is 0 Å². The molecule has 0 saturated heterocycles. The Bertz CT molecular complexity index is 540. The molecule has 2 rings (SSSR count). The van der Waals surface area contributed by atoms with Gasteiger partial charge in [0.1, 0.15) is 0 Å². The third-order valence-electron chi connectivity index (χ3n) is 3.34. The molecule has 1 N–H and O–H groups in total. The fourth-order valence-electron chi connectivity index (χ4n) is 2.04. The highest BCUT2D eigenvalue weighted by molar-refractivity contribution is 5.88. The van der Waals surface area contributed by atoms with Crippen molar-refractivity contribution in [2.75, 3.05) is 11.4 Å². The van der Waals surface area contributed by atoms with Crippen LogP contribution in [0, 0.1) is 16.0 Å². The summed E-state index contributed by atoms with van der Waals surface area (Å²) in [5.41, 5.74) is -0.421. The van der Waals surface area contributed by atoms with Gasteiger partial charge < -0.3 is 10.0 Å². The standard InChI is InChI=1S/C13H17N3O4/c1-8(2)15(7-9-3-4-9)12-11(16(19)20)5-10(6-14-12)13(17)18/h5-6,8-9H,3-4,7H2,1-2H3,(H,17,18). The molecule has 20 heavy (non-hydrogen) atoms. The van der Waals surface area contributed by atoms with Gasteiger partial charge in [-0.25, -0.2) is 9.78 Å². The molecule has 1 saturated carbocycles. The summed E-state index contributed by atoms with van der Waals surface area (Å²) in [5.74, 6) is -0.412. The fraction of sp³-hybridized carbons (Fsp3) is 0.538. The van der Waals surface area contributed by atoms with Crippen molar-refractivity contribution in [3.05, 3.63) is 27.9 Å². The number of aromatic carboxylic acids is 1. The normalized spacial score (nSPS) is 14.3. The van der Waals surface area contributed by atoms with Crippen molar-refractivity contribution >= 4 is 17.5 Å². The van der Waals surface area contributed by atoms with Crippen molar-refractivity contribution in [3.8, 4) is 0 Å². The van der Waals surface area contributed by atoms with Crippen LogP contribution in [0.1, 0.15) is 37.0 Å². The zero-order chi connectivity index (χ0) is 14.9. The van der Waals surface area contributed by atoms with E-state index in [1.54, 1.807) is 0 Å². The zero-order valence-corrected chi connectivity index (χ0v) is 11.4. The molecule has 0 atom stereocenters. The highest BCUT2D eigenvalue weighted by Gasteiger charge is 2.30. The number of carboxylic acids is 1. The number of anilines is 1. The molecule has 0 spiro atoms. The summed E-state index contributed by atoms with van der Waals surface area (Å²) in [7, 11) is 0. The minimum atomic E-state index is -1.22. The van der Waals surface area contributed by atoms with Crippen LogP contribution in [-0.2, 0) is 0 Å². The minimum Gasteiger partial charge on any atom is -0.478 e. The van der Waals surface area contributed by atoms with E-state index in [-0.39, 0.29) is 23.1 Å². The van der Waals surface area contributed by atoms with Crippen LogP contribution in [0.25, 0.3) is 0 Å². The molecule has 0 unspecified atom stereocenters. The number of carbonyl (C=O) groups is 1. The first-order valence-electron chi connectivity index (χ1n) is 6.54. The predicted molar refractivity (Wildman–Crippen MR) is 73.1 cm³/mol. The van der Waals surface area contributed by atoms with E-state index in [1.807, 2.05) is 18.7 Å². The fourth-order valence-corrected chi connectivity index (χ4v) is 2.04. The maximum Gasteiger partial charge on any atom is 0.337 e. The predicted octanol–water partition coefficient (Wildman–Crippen LogP) is 2.31. The molecule has 1 aliphatic carbocycles. The Balaban J connectivity index is 2.41. The van der Waals surface area contributed by atoms with Gasteiger partial charge >= 0.3 is 11.7 Å². The molecule has 1 aromatic heterocycles. The molecule has 0 radical (unpaired) electrons. The van der Waals surface area contributed by atoms with Crippen LogP contribution in [0.15, 0.2) is 12.3 Å². The molecule has 1 aromatic rings. The van der Waals surface area contributed by atoms with E-state index in [0.717, 1.165) is 25.5 Å². The number of hydrogen-bond donors (Lipinski definition) is 1. The Morgan fingerprint density at radius 3 is 2.70 bits per heavy atom. The summed E-state index contributed by atoms with van der Waals surface area (Å²) in [4.78, 5) is 27.4. The highest BCUT2D eigenvalue weighted by atomic mass is 16.6. The molecule has 0 bridgehead atoms. The van der Waals surface area contributed by atoms with Crippen molar-refractivity contribution in [1.29, 1.82) is 0 Å². The SMILES string of the molecule is CC(C)N(CC1CC1)c1ncc(C(=O)O)cc1[N+](=O)[O-]. The molecule has 1 aliphatic rings. The number of nitro groups is 1. The first kappa shape index (κ1) is 14.2. The van der Waals surface area contributed by atoms with Crippen LogP contribution >= 0.6 is 0 Å². The number of hydrogen-bond acceptors (Lipinski definition) is 5. The van der Waals surface area contributed by atoms with Crippen LogP contribution < -0.4 is 4.90 Å². The van der Waals surface area contributed by atoms with Gasteiger partial charge in [0.05, 0.1) is 10.5 Å². The number of nitrogens with zero attached hydrogens (tertiary/aromatic N) is 3. The molecule has 7 heteroatoms. The van der Waals surface area contributed by atoms with Crippen LogP contribution in [0.3, 0.4) is 0 Å². The van der Waals surface area contributed by atoms with Crippen LogP contribution in [0.4, 0.5) is 11.5 Å². The molecule has 1 heterocycles. The van der Waals surface area contributed by atoms with Gasteiger partial charge in [0.2, 0.25) is 5.82 Å². The van der Waals surface area contributed by atoms with Crippen molar-refractivity contribution in [3.63, 3.8) is 0 Å². The van der Waals surface area contributed by atoms with Crippen molar-refractivity contribution in [1.82, 2.24) is 4.98 Å². The Morgan fingerprint density at radius 1 is 1.60 bits per heavy atom. The quantitative estimate of drug-likeness (QED) is 0.634. The topological polar surface area (TPSA) is 96.6 Å². The van der Waals surface area contributed by atoms with E-state index < -0.39 is 10.9 Å². The zero-order valence-electron chi connectivity index (χ0n) is 11.4. The first-order chi connectivity index (χ1) is 9.40. The second-order valence-corrected chi connectivity index (χ2v) is 5.32. The molecule has 7 nitrogen and oxygen atoms in total. The van der Waals surface area contributed by atoms with E-state index in [2.05, 4.69) is 4.98 Å². The van der Waals surface area contributed by atoms with Gasteiger partial charge in [0.15, 0.2) is 0 Å². The van der Waals surface area contributed by atoms with Crippen LogP contribution in [0.2, 0.25) is 0 Å². The average molecular weight is 279 g/mol. The number of rotatable bonds is 6. The highest BCUT2D eigenvalue weighted by Crippen LogP contribution is 2.35. The lowest BCUT2D eigenvalue weighted by atomic mass is 10.2. The molecule has 108 valence electrons. The second-order valence-electron chi connectivity index (χ2n) is 5.32. The molecular formula is C13H17N3O4. The van der Waals surface area contributed by atoms with Gasteiger partial charge in [-0.05, 0) is 32.6 Å². The number of aromatic nitrogens is 1. The smallest absolute Gasteiger partial charge is 0.337 e. The van der Waals surface area contributed by atoms with E-state index in [9.17, 15) is 14.9 Å². The number of pyridine rings is 1. The Labute approximate surface area is 116 Å². The minimum absolute atomic E-state index is 0.0671.